The van der Waals surface area contributed by atoms with Gasteiger partial charge in [-0.1, -0.05) is 0 Å². The van der Waals surface area contributed by atoms with Crippen molar-refractivity contribution in [3.8, 4) is 0 Å². The van der Waals surface area contributed by atoms with Crippen molar-refractivity contribution in [2.24, 2.45) is 0 Å². The van der Waals surface area contributed by atoms with Gasteiger partial charge < -0.3 is 14.3 Å². The third-order valence-corrected chi connectivity index (χ3v) is 1.96. The second-order valence-electron chi connectivity index (χ2n) is 2.73. The van der Waals surface area contributed by atoms with Crippen molar-refractivity contribution in [1.29, 1.82) is 0 Å². The van der Waals surface area contributed by atoms with Gasteiger partial charge in [0.2, 0.25) is 0 Å². The maximum Gasteiger partial charge on any atom is 0.111 e. The Morgan fingerprint density at radius 1 is 1.45 bits per heavy atom. The lowest BCUT2D eigenvalue weighted by atomic mass is 10.0. The molecule has 1 aromatic rings. The first kappa shape index (κ1) is 6.88. The Morgan fingerprint density at radius 2 is 2.36 bits per heavy atom. The van der Waals surface area contributed by atoms with E-state index in [-0.39, 0.29) is 5.92 Å². The molecular formula is C8H10O3. The van der Waals surface area contributed by atoms with Gasteiger partial charge in [0.15, 0.2) is 0 Å². The molecule has 1 aromatic heterocycles. The van der Waals surface area contributed by atoms with Crippen LogP contribution in [0.5, 0.6) is 0 Å². The maximum absolute atomic E-state index is 9.38. The average molecular weight is 154 g/mol. The summed E-state index contributed by atoms with van der Waals surface area (Å²) in [5.41, 5.74) is 0. The topological polar surface area (TPSA) is 42.6 Å². The quantitative estimate of drug-likeness (QED) is 0.649. The van der Waals surface area contributed by atoms with Crippen molar-refractivity contribution in [1.82, 2.24) is 0 Å². The Balaban J connectivity index is 2.16. The molecule has 3 nitrogen and oxygen atoms in total. The lowest BCUT2D eigenvalue weighted by Gasteiger charge is -2.07. The van der Waals surface area contributed by atoms with Gasteiger partial charge in [-0.05, 0) is 12.1 Å². The van der Waals surface area contributed by atoms with Crippen molar-refractivity contribution >= 4 is 0 Å². The van der Waals surface area contributed by atoms with Crippen LogP contribution in [0.3, 0.4) is 0 Å². The fourth-order valence-corrected chi connectivity index (χ4v) is 1.32. The first-order valence-corrected chi connectivity index (χ1v) is 3.67. The van der Waals surface area contributed by atoms with Crippen LogP contribution in [-0.4, -0.2) is 24.4 Å². The van der Waals surface area contributed by atoms with Crippen molar-refractivity contribution in [2.45, 2.75) is 12.0 Å². The van der Waals surface area contributed by atoms with Crippen LogP contribution in [-0.2, 0) is 4.74 Å². The number of aliphatic hydroxyl groups excluding tert-OH is 1. The Morgan fingerprint density at radius 3 is 2.91 bits per heavy atom. The highest BCUT2D eigenvalue weighted by Crippen LogP contribution is 2.25. The van der Waals surface area contributed by atoms with Gasteiger partial charge in [-0.25, -0.2) is 0 Å². The SMILES string of the molecule is O[C@H]1COC[C@H]1c1ccco1. The summed E-state index contributed by atoms with van der Waals surface area (Å²) in [5, 5.41) is 9.38. The summed E-state index contributed by atoms with van der Waals surface area (Å²) in [7, 11) is 0. The molecule has 60 valence electrons. The molecule has 3 heteroatoms. The zero-order chi connectivity index (χ0) is 7.68. The standard InChI is InChI=1S/C8H10O3/c9-7-5-10-4-6(7)8-2-1-3-11-8/h1-3,6-7,9H,4-5H2/t6-,7+/m1/s1. The monoisotopic (exact) mass is 154 g/mol. The van der Waals surface area contributed by atoms with Gasteiger partial charge >= 0.3 is 0 Å². The summed E-state index contributed by atoms with van der Waals surface area (Å²) in [6.07, 6.45) is 1.21. The van der Waals surface area contributed by atoms with E-state index < -0.39 is 6.10 Å². The molecule has 0 saturated carbocycles. The van der Waals surface area contributed by atoms with Crippen molar-refractivity contribution < 1.29 is 14.3 Å². The number of hydrogen-bond acceptors (Lipinski definition) is 3. The van der Waals surface area contributed by atoms with E-state index in [4.69, 9.17) is 9.15 Å². The van der Waals surface area contributed by atoms with Crippen molar-refractivity contribution in [3.05, 3.63) is 24.2 Å². The van der Waals surface area contributed by atoms with Crippen LogP contribution in [0.1, 0.15) is 11.7 Å². The van der Waals surface area contributed by atoms with E-state index in [9.17, 15) is 5.11 Å². The maximum atomic E-state index is 9.38. The molecule has 0 radical (unpaired) electrons. The van der Waals surface area contributed by atoms with Crippen LogP contribution < -0.4 is 0 Å². The van der Waals surface area contributed by atoms with Gasteiger partial charge in [0.05, 0.1) is 31.5 Å². The van der Waals surface area contributed by atoms with E-state index in [1.807, 2.05) is 12.1 Å². The van der Waals surface area contributed by atoms with Crippen molar-refractivity contribution in [3.63, 3.8) is 0 Å². The molecule has 0 spiro atoms. The normalized spacial score (nSPS) is 31.0. The Hall–Kier alpha value is -0.800. The van der Waals surface area contributed by atoms with Gasteiger partial charge in [0.1, 0.15) is 5.76 Å². The average Bonchev–Trinajstić information content (AvgIpc) is 2.55. The van der Waals surface area contributed by atoms with Gasteiger partial charge in [-0.2, -0.15) is 0 Å². The summed E-state index contributed by atoms with van der Waals surface area (Å²) in [6.45, 7) is 0.986. The smallest absolute Gasteiger partial charge is 0.111 e. The number of hydrogen-bond donors (Lipinski definition) is 1. The summed E-state index contributed by atoms with van der Waals surface area (Å²) in [6, 6.07) is 3.68. The van der Waals surface area contributed by atoms with Gasteiger partial charge in [-0.3, -0.25) is 0 Å². The summed E-state index contributed by atoms with van der Waals surface area (Å²) in [4.78, 5) is 0. The van der Waals surface area contributed by atoms with Gasteiger partial charge in [0.25, 0.3) is 0 Å². The van der Waals surface area contributed by atoms with Crippen LogP contribution in [0, 0.1) is 0 Å². The summed E-state index contributed by atoms with van der Waals surface area (Å²) < 4.78 is 10.2. The highest BCUT2D eigenvalue weighted by molar-refractivity contribution is 5.09. The molecule has 2 rings (SSSR count). The van der Waals surface area contributed by atoms with Crippen molar-refractivity contribution in [2.75, 3.05) is 13.2 Å². The van der Waals surface area contributed by atoms with E-state index in [0.717, 1.165) is 5.76 Å². The van der Waals surface area contributed by atoms with Gasteiger partial charge in [0, 0.05) is 0 Å². The summed E-state index contributed by atoms with van der Waals surface area (Å²) >= 11 is 0. The highest BCUT2D eigenvalue weighted by Gasteiger charge is 2.29. The number of furan rings is 1. The van der Waals surface area contributed by atoms with Crippen LogP contribution in [0.15, 0.2) is 22.8 Å². The molecule has 11 heavy (non-hydrogen) atoms. The first-order valence-electron chi connectivity index (χ1n) is 3.67. The number of aliphatic hydroxyl groups is 1. The Kier molecular flexibility index (Phi) is 1.68. The third kappa shape index (κ3) is 1.17. The fourth-order valence-electron chi connectivity index (χ4n) is 1.32. The zero-order valence-electron chi connectivity index (χ0n) is 6.06. The molecule has 1 N–H and O–H groups in total. The molecule has 0 amide bonds. The molecule has 0 bridgehead atoms. The molecule has 0 unspecified atom stereocenters. The molecule has 2 atom stereocenters. The highest BCUT2D eigenvalue weighted by atomic mass is 16.5. The second kappa shape index (κ2) is 2.68. The molecule has 0 aromatic carbocycles. The lowest BCUT2D eigenvalue weighted by Crippen LogP contribution is -2.14. The minimum Gasteiger partial charge on any atom is -0.469 e. The minimum absolute atomic E-state index is 0.0324. The van der Waals surface area contributed by atoms with E-state index in [1.165, 1.54) is 0 Å². The predicted molar refractivity (Wildman–Crippen MR) is 38.3 cm³/mol. The summed E-state index contributed by atoms with van der Waals surface area (Å²) in [5.74, 6) is 0.847. The molecular weight excluding hydrogens is 144 g/mol. The van der Waals surface area contributed by atoms with Crippen LogP contribution in [0.2, 0.25) is 0 Å². The van der Waals surface area contributed by atoms with E-state index in [2.05, 4.69) is 0 Å². The molecule has 1 saturated heterocycles. The zero-order valence-corrected chi connectivity index (χ0v) is 6.06. The Labute approximate surface area is 64.6 Å². The van der Waals surface area contributed by atoms with Gasteiger partial charge in [-0.15, -0.1) is 0 Å². The molecule has 1 aliphatic heterocycles. The number of rotatable bonds is 1. The van der Waals surface area contributed by atoms with Crippen LogP contribution in [0.25, 0.3) is 0 Å². The van der Waals surface area contributed by atoms with E-state index >= 15 is 0 Å². The lowest BCUT2D eigenvalue weighted by molar-refractivity contribution is 0.123. The molecule has 1 aliphatic rings. The van der Waals surface area contributed by atoms with E-state index in [0.29, 0.717) is 13.2 Å². The third-order valence-electron chi connectivity index (χ3n) is 1.96. The molecule has 0 aliphatic carbocycles. The van der Waals surface area contributed by atoms with Crippen LogP contribution >= 0.6 is 0 Å². The Bertz CT molecular complexity index is 217. The molecule has 2 heterocycles. The number of ether oxygens (including phenoxy) is 1. The first-order chi connectivity index (χ1) is 5.38. The van der Waals surface area contributed by atoms with Crippen LogP contribution in [0.4, 0.5) is 0 Å². The predicted octanol–water partition coefficient (Wildman–Crippen LogP) is 0.754. The second-order valence-corrected chi connectivity index (χ2v) is 2.73. The largest absolute Gasteiger partial charge is 0.469 e. The minimum atomic E-state index is -0.402. The molecule has 1 fully saturated rings. The van der Waals surface area contributed by atoms with E-state index in [1.54, 1.807) is 6.26 Å². The fraction of sp³-hybridized carbons (Fsp3) is 0.500.